The van der Waals surface area contributed by atoms with E-state index < -0.39 is 0 Å². The molecule has 6 heteroatoms. The molecule has 1 aromatic carbocycles. The van der Waals surface area contributed by atoms with Crippen LogP contribution in [0.15, 0.2) is 30.9 Å². The van der Waals surface area contributed by atoms with Gasteiger partial charge in [-0.1, -0.05) is 11.6 Å². The summed E-state index contributed by atoms with van der Waals surface area (Å²) in [7, 11) is 1.54. The summed E-state index contributed by atoms with van der Waals surface area (Å²) < 4.78 is 10.4. The summed E-state index contributed by atoms with van der Waals surface area (Å²) in [6.45, 7) is 0. The van der Waals surface area contributed by atoms with Gasteiger partial charge in [0.15, 0.2) is 0 Å². The van der Waals surface area contributed by atoms with E-state index in [9.17, 15) is 0 Å². The molecule has 16 heavy (non-hydrogen) atoms. The van der Waals surface area contributed by atoms with E-state index in [1.54, 1.807) is 18.2 Å². The Morgan fingerprint density at radius 3 is 2.62 bits per heavy atom. The molecule has 0 bridgehead atoms. The summed E-state index contributed by atoms with van der Waals surface area (Å²) in [5, 5.41) is 0.519. The van der Waals surface area contributed by atoms with Gasteiger partial charge in [0.1, 0.15) is 24.2 Å². The predicted molar refractivity (Wildman–Crippen MR) is 57.9 cm³/mol. The third-order valence-corrected chi connectivity index (χ3v) is 2.11. The van der Waals surface area contributed by atoms with Crippen molar-refractivity contribution in [3.63, 3.8) is 0 Å². The van der Waals surface area contributed by atoms with Gasteiger partial charge < -0.3 is 9.47 Å². The van der Waals surface area contributed by atoms with Gasteiger partial charge in [0, 0.05) is 6.07 Å². The van der Waals surface area contributed by atoms with Crippen LogP contribution in [0.1, 0.15) is 0 Å². The zero-order valence-corrected chi connectivity index (χ0v) is 9.18. The Bertz CT molecular complexity index is 479. The molecule has 5 nitrogen and oxygen atoms in total. The second kappa shape index (κ2) is 4.76. The van der Waals surface area contributed by atoms with Gasteiger partial charge >= 0.3 is 6.01 Å². The maximum absolute atomic E-state index is 5.88. The number of hydrogen-bond donors (Lipinski definition) is 0. The van der Waals surface area contributed by atoms with E-state index in [1.807, 2.05) is 0 Å². The lowest BCUT2D eigenvalue weighted by Crippen LogP contribution is -1.92. The van der Waals surface area contributed by atoms with Crippen LogP contribution in [-0.2, 0) is 0 Å². The fourth-order valence-corrected chi connectivity index (χ4v) is 1.29. The van der Waals surface area contributed by atoms with E-state index in [2.05, 4.69) is 15.0 Å². The summed E-state index contributed by atoms with van der Waals surface area (Å²) in [5.41, 5.74) is 0. The molecule has 0 radical (unpaired) electrons. The minimum absolute atomic E-state index is 0.222. The molecule has 0 spiro atoms. The Hall–Kier alpha value is -1.88. The third-order valence-electron chi connectivity index (χ3n) is 1.80. The van der Waals surface area contributed by atoms with Crippen molar-refractivity contribution in [3.05, 3.63) is 35.9 Å². The van der Waals surface area contributed by atoms with Crippen LogP contribution in [0.3, 0.4) is 0 Å². The molecule has 82 valence electrons. The van der Waals surface area contributed by atoms with Crippen molar-refractivity contribution in [2.24, 2.45) is 0 Å². The molecule has 1 aromatic heterocycles. The van der Waals surface area contributed by atoms with Crippen LogP contribution in [0.5, 0.6) is 17.5 Å². The van der Waals surface area contributed by atoms with E-state index in [-0.39, 0.29) is 6.01 Å². The topological polar surface area (TPSA) is 57.1 Å². The van der Waals surface area contributed by atoms with Gasteiger partial charge in [0.25, 0.3) is 0 Å². The summed E-state index contributed by atoms with van der Waals surface area (Å²) >= 11 is 5.88. The van der Waals surface area contributed by atoms with Crippen molar-refractivity contribution in [3.8, 4) is 17.5 Å². The lowest BCUT2D eigenvalue weighted by molar-refractivity contribution is 0.404. The average molecular weight is 238 g/mol. The maximum atomic E-state index is 5.88. The highest BCUT2D eigenvalue weighted by Crippen LogP contribution is 2.29. The minimum Gasteiger partial charge on any atom is -0.495 e. The Morgan fingerprint density at radius 2 is 1.94 bits per heavy atom. The molecule has 0 saturated carbocycles. The first-order valence-electron chi connectivity index (χ1n) is 4.43. The fraction of sp³-hybridized carbons (Fsp3) is 0.100. The second-order valence-corrected chi connectivity index (χ2v) is 3.23. The molecule has 0 aliphatic heterocycles. The number of hydrogen-bond acceptors (Lipinski definition) is 5. The van der Waals surface area contributed by atoms with Gasteiger partial charge in [-0.25, -0.2) is 4.98 Å². The summed E-state index contributed by atoms with van der Waals surface area (Å²) in [4.78, 5) is 11.4. The lowest BCUT2D eigenvalue weighted by atomic mass is 10.3. The molecule has 2 rings (SSSR count). The highest BCUT2D eigenvalue weighted by Gasteiger charge is 2.04. The zero-order valence-electron chi connectivity index (χ0n) is 8.42. The van der Waals surface area contributed by atoms with Gasteiger partial charge in [-0.15, -0.1) is 0 Å². The summed E-state index contributed by atoms with van der Waals surface area (Å²) in [5.74, 6) is 1.08. The van der Waals surface area contributed by atoms with Crippen molar-refractivity contribution >= 4 is 11.6 Å². The van der Waals surface area contributed by atoms with E-state index in [1.165, 1.54) is 19.8 Å². The molecule has 0 unspecified atom stereocenters. The van der Waals surface area contributed by atoms with Crippen LogP contribution < -0.4 is 9.47 Å². The van der Waals surface area contributed by atoms with Crippen molar-refractivity contribution in [1.29, 1.82) is 0 Å². The Balaban J connectivity index is 2.22. The Morgan fingerprint density at radius 1 is 1.19 bits per heavy atom. The average Bonchev–Trinajstić information content (AvgIpc) is 2.33. The van der Waals surface area contributed by atoms with Crippen LogP contribution in [0.25, 0.3) is 0 Å². The molecule has 0 amide bonds. The first-order chi connectivity index (χ1) is 7.79. The fourth-order valence-electron chi connectivity index (χ4n) is 1.09. The van der Waals surface area contributed by atoms with Crippen molar-refractivity contribution in [2.75, 3.05) is 7.11 Å². The van der Waals surface area contributed by atoms with Crippen molar-refractivity contribution < 1.29 is 9.47 Å². The number of rotatable bonds is 3. The zero-order chi connectivity index (χ0) is 11.4. The molecule has 2 aromatic rings. The highest BCUT2D eigenvalue weighted by atomic mass is 35.5. The SMILES string of the molecule is COc1cc(Oc2ncncn2)ccc1Cl. The number of benzene rings is 1. The predicted octanol–water partition coefficient (Wildman–Crippen LogP) is 2.33. The number of aromatic nitrogens is 3. The normalized spacial score (nSPS) is 9.88. The van der Waals surface area contributed by atoms with Gasteiger partial charge in [-0.05, 0) is 12.1 Å². The van der Waals surface area contributed by atoms with Crippen LogP contribution in [0, 0.1) is 0 Å². The Kier molecular flexibility index (Phi) is 3.16. The van der Waals surface area contributed by atoms with E-state index >= 15 is 0 Å². The number of ether oxygens (including phenoxy) is 2. The largest absolute Gasteiger partial charge is 0.495 e. The quantitative estimate of drug-likeness (QED) is 0.820. The third kappa shape index (κ3) is 2.38. The van der Waals surface area contributed by atoms with Crippen LogP contribution in [-0.4, -0.2) is 22.1 Å². The molecule has 1 heterocycles. The van der Waals surface area contributed by atoms with Crippen LogP contribution in [0.2, 0.25) is 5.02 Å². The van der Waals surface area contributed by atoms with Crippen LogP contribution in [0.4, 0.5) is 0 Å². The standard InChI is InChI=1S/C10H8ClN3O2/c1-15-9-4-7(2-3-8(9)11)16-10-13-5-12-6-14-10/h2-6H,1H3. The molecule has 0 aliphatic carbocycles. The van der Waals surface area contributed by atoms with Gasteiger partial charge in [0.05, 0.1) is 12.1 Å². The van der Waals surface area contributed by atoms with Gasteiger partial charge in [0.2, 0.25) is 0 Å². The van der Waals surface area contributed by atoms with Gasteiger partial charge in [-0.3, -0.25) is 0 Å². The minimum atomic E-state index is 0.222. The maximum Gasteiger partial charge on any atom is 0.324 e. The lowest BCUT2D eigenvalue weighted by Gasteiger charge is -2.06. The highest BCUT2D eigenvalue weighted by molar-refractivity contribution is 6.32. The molecule has 0 atom stereocenters. The first kappa shape index (κ1) is 10.6. The molecular formula is C10H8ClN3O2. The van der Waals surface area contributed by atoms with E-state index in [0.717, 1.165) is 0 Å². The number of methoxy groups -OCH3 is 1. The van der Waals surface area contributed by atoms with E-state index in [0.29, 0.717) is 16.5 Å². The van der Waals surface area contributed by atoms with Crippen molar-refractivity contribution in [1.82, 2.24) is 15.0 Å². The summed E-state index contributed by atoms with van der Waals surface area (Å²) in [6.07, 6.45) is 2.71. The first-order valence-corrected chi connectivity index (χ1v) is 4.81. The summed E-state index contributed by atoms with van der Waals surface area (Å²) in [6, 6.07) is 5.26. The molecule has 0 fully saturated rings. The van der Waals surface area contributed by atoms with Crippen molar-refractivity contribution in [2.45, 2.75) is 0 Å². The smallest absolute Gasteiger partial charge is 0.324 e. The molecule has 0 saturated heterocycles. The molecular weight excluding hydrogens is 230 g/mol. The molecule has 0 N–H and O–H groups in total. The number of halogens is 1. The monoisotopic (exact) mass is 237 g/mol. The van der Waals surface area contributed by atoms with Crippen LogP contribution >= 0.6 is 11.6 Å². The second-order valence-electron chi connectivity index (χ2n) is 2.82. The number of nitrogens with zero attached hydrogens (tertiary/aromatic N) is 3. The Labute approximate surface area is 97.0 Å². The van der Waals surface area contributed by atoms with Gasteiger partial charge in [-0.2, -0.15) is 9.97 Å². The van der Waals surface area contributed by atoms with E-state index in [4.69, 9.17) is 21.1 Å². The molecule has 0 aliphatic rings.